The van der Waals surface area contributed by atoms with Crippen LogP contribution in [0.25, 0.3) is 0 Å². The second-order valence-corrected chi connectivity index (χ2v) is 5.45. The molecule has 1 aromatic rings. The van der Waals surface area contributed by atoms with Crippen LogP contribution in [0, 0.1) is 6.92 Å². The summed E-state index contributed by atoms with van der Waals surface area (Å²) in [7, 11) is 0. The molecule has 18 heavy (non-hydrogen) atoms. The Morgan fingerprint density at radius 2 is 2.11 bits per heavy atom. The molecule has 4 nitrogen and oxygen atoms in total. The van der Waals surface area contributed by atoms with Crippen molar-refractivity contribution in [3.05, 3.63) is 28.2 Å². The Hall–Kier alpha value is -0.910. The number of nitrogens with two attached hydrogens (primary N) is 1. The standard InChI is InChI=1S/C13H17BrN2O2/c1-9-3-2-4-10(11(9)14)16-12(17)13(15)5-7-18-8-6-13/h2-4H,5-8,15H2,1H3,(H,16,17). The van der Waals surface area contributed by atoms with Crippen molar-refractivity contribution in [2.75, 3.05) is 18.5 Å². The minimum Gasteiger partial charge on any atom is -0.381 e. The van der Waals surface area contributed by atoms with E-state index in [1.54, 1.807) is 0 Å². The minimum atomic E-state index is -0.818. The fourth-order valence-electron chi connectivity index (χ4n) is 1.95. The lowest BCUT2D eigenvalue weighted by Crippen LogP contribution is -2.54. The maximum atomic E-state index is 12.2. The van der Waals surface area contributed by atoms with Crippen molar-refractivity contribution >= 4 is 27.5 Å². The van der Waals surface area contributed by atoms with Crippen molar-refractivity contribution < 1.29 is 9.53 Å². The van der Waals surface area contributed by atoms with Gasteiger partial charge in [0.2, 0.25) is 5.91 Å². The van der Waals surface area contributed by atoms with Crippen LogP contribution < -0.4 is 11.1 Å². The van der Waals surface area contributed by atoms with Crippen molar-refractivity contribution in [2.45, 2.75) is 25.3 Å². The first-order valence-corrected chi connectivity index (χ1v) is 6.75. The van der Waals surface area contributed by atoms with Gasteiger partial charge in [0.05, 0.1) is 5.69 Å². The highest BCUT2D eigenvalue weighted by Crippen LogP contribution is 2.27. The summed E-state index contributed by atoms with van der Waals surface area (Å²) in [5.74, 6) is -0.142. The van der Waals surface area contributed by atoms with Gasteiger partial charge in [-0.2, -0.15) is 0 Å². The number of halogens is 1. The number of carbonyl (C=O) groups is 1. The number of hydrogen-bond donors (Lipinski definition) is 2. The maximum Gasteiger partial charge on any atom is 0.244 e. The average Bonchev–Trinajstić information content (AvgIpc) is 2.36. The Kier molecular flexibility index (Phi) is 4.04. The van der Waals surface area contributed by atoms with E-state index in [-0.39, 0.29) is 5.91 Å². The quantitative estimate of drug-likeness (QED) is 0.880. The van der Waals surface area contributed by atoms with E-state index < -0.39 is 5.54 Å². The van der Waals surface area contributed by atoms with Crippen LogP contribution in [0.15, 0.2) is 22.7 Å². The van der Waals surface area contributed by atoms with Crippen LogP contribution in [-0.2, 0) is 9.53 Å². The van der Waals surface area contributed by atoms with E-state index >= 15 is 0 Å². The van der Waals surface area contributed by atoms with Crippen molar-refractivity contribution in [3.63, 3.8) is 0 Å². The van der Waals surface area contributed by atoms with E-state index in [2.05, 4.69) is 21.2 Å². The molecule has 3 N–H and O–H groups in total. The second kappa shape index (κ2) is 5.38. The fraction of sp³-hybridized carbons (Fsp3) is 0.462. The molecule has 1 heterocycles. The lowest BCUT2D eigenvalue weighted by molar-refractivity contribution is -0.124. The van der Waals surface area contributed by atoms with Crippen LogP contribution in [0.2, 0.25) is 0 Å². The molecular formula is C13H17BrN2O2. The van der Waals surface area contributed by atoms with E-state index in [1.807, 2.05) is 25.1 Å². The third-order valence-electron chi connectivity index (χ3n) is 3.28. The number of ether oxygens (including phenoxy) is 1. The van der Waals surface area contributed by atoms with Gasteiger partial charge in [0.1, 0.15) is 5.54 Å². The second-order valence-electron chi connectivity index (χ2n) is 4.66. The van der Waals surface area contributed by atoms with Gasteiger partial charge < -0.3 is 15.8 Å². The number of hydrogen-bond acceptors (Lipinski definition) is 3. The highest BCUT2D eigenvalue weighted by atomic mass is 79.9. The molecule has 1 aliphatic heterocycles. The van der Waals surface area contributed by atoms with Crippen molar-refractivity contribution in [3.8, 4) is 0 Å². The summed E-state index contributed by atoms with van der Waals surface area (Å²) in [5.41, 5.74) is 7.15. The molecule has 0 aromatic heterocycles. The predicted molar refractivity (Wildman–Crippen MR) is 74.5 cm³/mol. The number of benzene rings is 1. The topological polar surface area (TPSA) is 64.4 Å². The Labute approximate surface area is 115 Å². The third-order valence-corrected chi connectivity index (χ3v) is 4.33. The number of rotatable bonds is 2. The smallest absolute Gasteiger partial charge is 0.244 e. The number of carbonyl (C=O) groups excluding carboxylic acids is 1. The van der Waals surface area contributed by atoms with E-state index in [0.29, 0.717) is 26.1 Å². The summed E-state index contributed by atoms with van der Waals surface area (Å²) in [5, 5.41) is 2.89. The van der Waals surface area contributed by atoms with Gasteiger partial charge in [-0.15, -0.1) is 0 Å². The molecule has 1 saturated heterocycles. The van der Waals surface area contributed by atoms with Gasteiger partial charge in [0.25, 0.3) is 0 Å². The molecule has 0 unspecified atom stereocenters. The normalized spacial score (nSPS) is 18.4. The minimum absolute atomic E-state index is 0.142. The molecule has 98 valence electrons. The largest absolute Gasteiger partial charge is 0.381 e. The monoisotopic (exact) mass is 312 g/mol. The van der Waals surface area contributed by atoms with Crippen LogP contribution in [0.4, 0.5) is 5.69 Å². The van der Waals surface area contributed by atoms with Crippen LogP contribution in [0.1, 0.15) is 18.4 Å². The highest BCUT2D eigenvalue weighted by molar-refractivity contribution is 9.10. The molecule has 1 aromatic carbocycles. The van der Waals surface area contributed by atoms with Gasteiger partial charge in [-0.25, -0.2) is 0 Å². The molecule has 0 saturated carbocycles. The number of amides is 1. The number of aryl methyl sites for hydroxylation is 1. The van der Waals surface area contributed by atoms with Crippen molar-refractivity contribution in [1.29, 1.82) is 0 Å². The Bertz CT molecular complexity index is 456. The van der Waals surface area contributed by atoms with Crippen LogP contribution in [0.5, 0.6) is 0 Å². The van der Waals surface area contributed by atoms with Crippen LogP contribution in [0.3, 0.4) is 0 Å². The van der Waals surface area contributed by atoms with E-state index in [0.717, 1.165) is 15.7 Å². The molecule has 0 bridgehead atoms. The molecule has 1 fully saturated rings. The van der Waals surface area contributed by atoms with Gasteiger partial charge in [-0.1, -0.05) is 12.1 Å². The summed E-state index contributed by atoms with van der Waals surface area (Å²) in [4.78, 5) is 12.2. The number of anilines is 1. The summed E-state index contributed by atoms with van der Waals surface area (Å²) in [6.07, 6.45) is 1.12. The van der Waals surface area contributed by atoms with Gasteiger partial charge >= 0.3 is 0 Å². The van der Waals surface area contributed by atoms with Gasteiger partial charge in [-0.05, 0) is 47.3 Å². The van der Waals surface area contributed by atoms with Crippen LogP contribution in [-0.4, -0.2) is 24.7 Å². The van der Waals surface area contributed by atoms with Gasteiger partial charge in [-0.3, -0.25) is 4.79 Å². The first-order chi connectivity index (χ1) is 8.53. The molecule has 5 heteroatoms. The molecule has 1 aliphatic rings. The lowest BCUT2D eigenvalue weighted by Gasteiger charge is -2.31. The van der Waals surface area contributed by atoms with Crippen LogP contribution >= 0.6 is 15.9 Å². The summed E-state index contributed by atoms with van der Waals surface area (Å²) in [6, 6.07) is 5.74. The first kappa shape index (κ1) is 13.5. The molecule has 1 amide bonds. The zero-order valence-electron chi connectivity index (χ0n) is 10.3. The predicted octanol–water partition coefficient (Wildman–Crippen LogP) is 2.20. The molecule has 0 aliphatic carbocycles. The highest BCUT2D eigenvalue weighted by Gasteiger charge is 2.36. The van der Waals surface area contributed by atoms with Crippen molar-refractivity contribution in [2.24, 2.45) is 5.73 Å². The van der Waals surface area contributed by atoms with Gasteiger partial charge in [0.15, 0.2) is 0 Å². The first-order valence-electron chi connectivity index (χ1n) is 5.96. The molecule has 0 spiro atoms. The Morgan fingerprint density at radius 3 is 2.78 bits per heavy atom. The lowest BCUT2D eigenvalue weighted by atomic mass is 9.90. The molecule has 0 radical (unpaired) electrons. The van der Waals surface area contributed by atoms with E-state index in [1.165, 1.54) is 0 Å². The molecular weight excluding hydrogens is 296 g/mol. The van der Waals surface area contributed by atoms with Gasteiger partial charge in [0, 0.05) is 17.7 Å². The summed E-state index contributed by atoms with van der Waals surface area (Å²) in [6.45, 7) is 3.06. The SMILES string of the molecule is Cc1cccc(NC(=O)C2(N)CCOCC2)c1Br. The fourth-order valence-corrected chi connectivity index (χ4v) is 2.32. The zero-order chi connectivity index (χ0) is 13.2. The summed E-state index contributed by atoms with van der Waals surface area (Å²) < 4.78 is 6.14. The van der Waals surface area contributed by atoms with E-state index in [9.17, 15) is 4.79 Å². The average molecular weight is 313 g/mol. The Morgan fingerprint density at radius 1 is 1.44 bits per heavy atom. The molecule has 2 rings (SSSR count). The third kappa shape index (κ3) is 2.74. The zero-order valence-corrected chi connectivity index (χ0v) is 11.9. The Balaban J connectivity index is 2.13. The van der Waals surface area contributed by atoms with Crippen molar-refractivity contribution in [1.82, 2.24) is 0 Å². The summed E-state index contributed by atoms with van der Waals surface area (Å²) >= 11 is 3.47. The van der Waals surface area contributed by atoms with E-state index in [4.69, 9.17) is 10.5 Å². The maximum absolute atomic E-state index is 12.2. The number of nitrogens with one attached hydrogen (secondary N) is 1. The molecule has 0 atom stereocenters.